The number of hydrogen-bond donors (Lipinski definition) is 1. The third kappa shape index (κ3) is 3.45. The Morgan fingerprint density at radius 1 is 1.25 bits per heavy atom. The Labute approximate surface area is 119 Å². The van der Waals surface area contributed by atoms with Crippen molar-refractivity contribution in [3.63, 3.8) is 0 Å². The van der Waals surface area contributed by atoms with Crippen LogP contribution in [0.1, 0.15) is 33.1 Å². The highest BCUT2D eigenvalue weighted by Gasteiger charge is 2.10. The van der Waals surface area contributed by atoms with Gasteiger partial charge in [-0.2, -0.15) is 5.10 Å². The first kappa shape index (κ1) is 14.7. The Hall–Kier alpha value is -1.68. The van der Waals surface area contributed by atoms with Crippen LogP contribution in [0.3, 0.4) is 0 Å². The fraction of sp³-hybridized carbons (Fsp3) is 0.500. The number of benzene rings is 1. The maximum Gasteiger partial charge on any atom is 0.207 e. The van der Waals surface area contributed by atoms with E-state index in [0.29, 0.717) is 6.04 Å². The lowest BCUT2D eigenvalue weighted by atomic mass is 10.1. The van der Waals surface area contributed by atoms with Gasteiger partial charge in [-0.25, -0.2) is 0 Å². The maximum absolute atomic E-state index is 11.8. The summed E-state index contributed by atoms with van der Waals surface area (Å²) in [7, 11) is 0. The summed E-state index contributed by atoms with van der Waals surface area (Å²) in [5, 5.41) is 8.60. The average Bonchev–Trinajstić information content (AvgIpc) is 2.48. The van der Waals surface area contributed by atoms with E-state index in [1.165, 1.54) is 6.20 Å². The van der Waals surface area contributed by atoms with Crippen molar-refractivity contribution in [2.24, 2.45) is 0 Å². The summed E-state index contributed by atoms with van der Waals surface area (Å²) < 4.78 is 1.94. The highest BCUT2D eigenvalue weighted by molar-refractivity contribution is 5.77. The van der Waals surface area contributed by atoms with Crippen LogP contribution in [0.15, 0.2) is 35.3 Å². The van der Waals surface area contributed by atoms with Crippen LogP contribution in [-0.2, 0) is 6.54 Å². The number of nitrogens with one attached hydrogen (secondary N) is 1. The zero-order valence-electron chi connectivity index (χ0n) is 12.3. The number of fused-ring (bicyclic) bond motifs is 1. The normalized spacial score (nSPS) is 12.7. The van der Waals surface area contributed by atoms with Crippen molar-refractivity contribution in [3.05, 3.63) is 40.7 Å². The molecule has 0 fully saturated rings. The lowest BCUT2D eigenvalue weighted by molar-refractivity contribution is 0.405. The van der Waals surface area contributed by atoms with E-state index in [1.54, 1.807) is 0 Å². The minimum absolute atomic E-state index is 0.00888. The van der Waals surface area contributed by atoms with Crippen LogP contribution in [0.4, 0.5) is 0 Å². The highest BCUT2D eigenvalue weighted by Crippen LogP contribution is 2.10. The van der Waals surface area contributed by atoms with E-state index in [2.05, 4.69) is 24.3 Å². The van der Waals surface area contributed by atoms with E-state index in [-0.39, 0.29) is 5.43 Å². The van der Waals surface area contributed by atoms with Gasteiger partial charge in [0.2, 0.25) is 5.43 Å². The smallest absolute Gasteiger partial charge is 0.207 e. The van der Waals surface area contributed by atoms with Gasteiger partial charge in [0.1, 0.15) is 0 Å². The Morgan fingerprint density at radius 3 is 2.80 bits per heavy atom. The Bertz CT molecular complexity index is 606. The molecule has 20 heavy (non-hydrogen) atoms. The van der Waals surface area contributed by atoms with E-state index in [0.717, 1.165) is 43.3 Å². The average molecular weight is 273 g/mol. The summed E-state index contributed by atoms with van der Waals surface area (Å²) >= 11 is 0. The molecular formula is C16H23N3O. The molecule has 0 saturated carbocycles. The molecule has 1 unspecified atom stereocenters. The molecule has 2 rings (SSSR count). The van der Waals surface area contributed by atoms with Crippen molar-refractivity contribution in [2.75, 3.05) is 6.54 Å². The second kappa shape index (κ2) is 7.20. The lowest BCUT2D eigenvalue weighted by Gasteiger charge is -2.19. The minimum atomic E-state index is -0.00888. The summed E-state index contributed by atoms with van der Waals surface area (Å²) in [6.45, 7) is 6.18. The molecule has 1 aromatic heterocycles. The van der Waals surface area contributed by atoms with Gasteiger partial charge in [-0.1, -0.05) is 32.4 Å². The molecule has 1 heterocycles. The van der Waals surface area contributed by atoms with Crippen LogP contribution in [0.25, 0.3) is 10.9 Å². The minimum Gasteiger partial charge on any atom is -0.312 e. The first-order valence-electron chi connectivity index (χ1n) is 7.44. The van der Waals surface area contributed by atoms with Crippen LogP contribution in [0.2, 0.25) is 0 Å². The SMILES string of the molecule is CCCNC(CCC)Cn1ncc(=O)c2ccccc21. The largest absolute Gasteiger partial charge is 0.312 e. The quantitative estimate of drug-likeness (QED) is 0.843. The monoisotopic (exact) mass is 273 g/mol. The molecule has 0 aliphatic rings. The van der Waals surface area contributed by atoms with Gasteiger partial charge in [0, 0.05) is 11.4 Å². The molecule has 0 radical (unpaired) electrons. The summed E-state index contributed by atoms with van der Waals surface area (Å²) in [5.41, 5.74) is 0.907. The van der Waals surface area contributed by atoms with E-state index < -0.39 is 0 Å². The van der Waals surface area contributed by atoms with Gasteiger partial charge in [-0.3, -0.25) is 9.48 Å². The Morgan fingerprint density at radius 2 is 2.05 bits per heavy atom. The summed E-state index contributed by atoms with van der Waals surface area (Å²) in [4.78, 5) is 11.8. The fourth-order valence-corrected chi connectivity index (χ4v) is 2.47. The van der Waals surface area contributed by atoms with Crippen molar-refractivity contribution in [2.45, 2.75) is 45.7 Å². The van der Waals surface area contributed by atoms with Crippen LogP contribution in [0, 0.1) is 0 Å². The Kier molecular flexibility index (Phi) is 5.30. The molecule has 1 atom stereocenters. The lowest BCUT2D eigenvalue weighted by Crippen LogP contribution is -2.34. The number of rotatable bonds is 7. The van der Waals surface area contributed by atoms with E-state index in [4.69, 9.17) is 0 Å². The molecule has 0 bridgehead atoms. The number of aromatic nitrogens is 2. The van der Waals surface area contributed by atoms with Crippen LogP contribution in [-0.4, -0.2) is 22.4 Å². The molecule has 1 aromatic carbocycles. The molecule has 0 saturated heterocycles. The molecule has 4 heteroatoms. The van der Waals surface area contributed by atoms with E-state index >= 15 is 0 Å². The predicted molar refractivity (Wildman–Crippen MR) is 83.0 cm³/mol. The molecule has 4 nitrogen and oxygen atoms in total. The zero-order valence-corrected chi connectivity index (χ0v) is 12.3. The van der Waals surface area contributed by atoms with E-state index in [9.17, 15) is 4.79 Å². The standard InChI is InChI=1S/C16H23N3O/c1-3-7-13(17-10-4-2)12-19-15-9-6-5-8-14(15)16(20)11-18-19/h5-6,8-9,11,13,17H,3-4,7,10,12H2,1-2H3. The van der Waals surface area contributed by atoms with Crippen molar-refractivity contribution >= 4 is 10.9 Å². The predicted octanol–water partition coefficient (Wildman–Crippen LogP) is 2.56. The second-order valence-corrected chi connectivity index (χ2v) is 5.15. The fourth-order valence-electron chi connectivity index (χ4n) is 2.47. The second-order valence-electron chi connectivity index (χ2n) is 5.15. The third-order valence-electron chi connectivity index (χ3n) is 3.48. The Balaban J connectivity index is 2.27. The van der Waals surface area contributed by atoms with Gasteiger partial charge in [0.15, 0.2) is 0 Å². The van der Waals surface area contributed by atoms with Crippen LogP contribution >= 0.6 is 0 Å². The topological polar surface area (TPSA) is 46.9 Å². The summed E-state index contributed by atoms with van der Waals surface area (Å²) in [5.74, 6) is 0. The van der Waals surface area contributed by atoms with Crippen molar-refractivity contribution in [1.82, 2.24) is 15.1 Å². The van der Waals surface area contributed by atoms with Gasteiger partial charge in [0.25, 0.3) is 0 Å². The van der Waals surface area contributed by atoms with Crippen molar-refractivity contribution < 1.29 is 0 Å². The first-order chi connectivity index (χ1) is 9.76. The third-order valence-corrected chi connectivity index (χ3v) is 3.48. The van der Waals surface area contributed by atoms with Gasteiger partial charge in [0.05, 0.1) is 18.3 Å². The van der Waals surface area contributed by atoms with Gasteiger partial charge >= 0.3 is 0 Å². The molecule has 0 aliphatic carbocycles. The molecule has 0 amide bonds. The summed E-state index contributed by atoms with van der Waals surface area (Å²) in [6, 6.07) is 8.08. The highest BCUT2D eigenvalue weighted by atomic mass is 16.1. The first-order valence-corrected chi connectivity index (χ1v) is 7.44. The van der Waals surface area contributed by atoms with Crippen molar-refractivity contribution in [3.8, 4) is 0 Å². The van der Waals surface area contributed by atoms with Gasteiger partial charge < -0.3 is 5.32 Å². The van der Waals surface area contributed by atoms with Crippen LogP contribution < -0.4 is 10.7 Å². The zero-order chi connectivity index (χ0) is 14.4. The maximum atomic E-state index is 11.8. The molecule has 0 aliphatic heterocycles. The molecule has 1 N–H and O–H groups in total. The summed E-state index contributed by atoms with van der Waals surface area (Å²) in [6.07, 6.45) is 4.80. The van der Waals surface area contributed by atoms with Gasteiger partial charge in [-0.05, 0) is 31.5 Å². The van der Waals surface area contributed by atoms with Gasteiger partial charge in [-0.15, -0.1) is 0 Å². The molecular weight excluding hydrogens is 250 g/mol. The van der Waals surface area contributed by atoms with Crippen molar-refractivity contribution in [1.29, 1.82) is 0 Å². The number of nitrogens with zero attached hydrogens (tertiary/aromatic N) is 2. The number of hydrogen-bond acceptors (Lipinski definition) is 3. The molecule has 108 valence electrons. The van der Waals surface area contributed by atoms with E-state index in [1.807, 2.05) is 28.9 Å². The molecule has 0 spiro atoms. The van der Waals surface area contributed by atoms with Crippen LogP contribution in [0.5, 0.6) is 0 Å². The number of para-hydroxylation sites is 1. The molecule has 2 aromatic rings.